The van der Waals surface area contributed by atoms with E-state index in [1.807, 2.05) is 0 Å². The predicted molar refractivity (Wildman–Crippen MR) is 49.1 cm³/mol. The summed E-state index contributed by atoms with van der Waals surface area (Å²) in [7, 11) is 0. The Kier molecular flexibility index (Phi) is 7.06. The fraction of sp³-hybridized carbons (Fsp3) is 0.800. The highest BCUT2D eigenvalue weighted by Crippen LogP contribution is 2.02. The summed E-state index contributed by atoms with van der Waals surface area (Å²) in [6.45, 7) is 0. The Labute approximate surface area is 69.4 Å². The van der Waals surface area contributed by atoms with E-state index in [0.29, 0.717) is 11.6 Å². The molecule has 0 aliphatic heterocycles. The zero-order valence-electron chi connectivity index (χ0n) is 5.91. The fourth-order valence-electron chi connectivity index (χ4n) is 0.348. The molecular formula is C5H12N2OS2. The summed E-state index contributed by atoms with van der Waals surface area (Å²) in [4.78, 5) is 0. The smallest absolute Gasteiger partial charge is 0.149 e. The number of hydrogen-bond donors (Lipinski definition) is 2. The van der Waals surface area contributed by atoms with Crippen LogP contribution >= 0.6 is 23.5 Å². The van der Waals surface area contributed by atoms with E-state index in [2.05, 4.69) is 11.4 Å². The number of amidine groups is 1. The van der Waals surface area contributed by atoms with E-state index in [9.17, 15) is 0 Å². The zero-order valence-corrected chi connectivity index (χ0v) is 7.54. The number of oxime groups is 1. The number of rotatable bonds is 5. The number of nitrogens with two attached hydrogens (primary N) is 1. The SMILES string of the molecule is CSCCSC/C(N)=N/O. The Hall–Kier alpha value is -0.0300. The maximum atomic E-state index is 8.14. The molecule has 3 N–H and O–H groups in total. The third-order valence-electron chi connectivity index (χ3n) is 0.810. The molecule has 0 rings (SSSR count). The van der Waals surface area contributed by atoms with Crippen molar-refractivity contribution in [3.8, 4) is 0 Å². The third kappa shape index (κ3) is 6.10. The van der Waals surface area contributed by atoms with Crippen LogP contribution in [0, 0.1) is 0 Å². The van der Waals surface area contributed by atoms with E-state index in [4.69, 9.17) is 10.9 Å². The first kappa shape index (κ1) is 9.97. The van der Waals surface area contributed by atoms with Gasteiger partial charge in [-0.05, 0) is 6.26 Å². The molecule has 0 bridgehead atoms. The van der Waals surface area contributed by atoms with Gasteiger partial charge in [-0.1, -0.05) is 5.16 Å². The molecule has 0 fully saturated rings. The highest BCUT2D eigenvalue weighted by atomic mass is 32.2. The second-order valence-corrected chi connectivity index (χ2v) is 3.73. The first-order chi connectivity index (χ1) is 4.81. The van der Waals surface area contributed by atoms with E-state index in [1.54, 1.807) is 23.5 Å². The minimum absolute atomic E-state index is 0.297. The van der Waals surface area contributed by atoms with Gasteiger partial charge in [0, 0.05) is 11.5 Å². The first-order valence-electron chi connectivity index (χ1n) is 2.84. The molecule has 10 heavy (non-hydrogen) atoms. The normalized spacial score (nSPS) is 11.9. The summed E-state index contributed by atoms with van der Waals surface area (Å²) in [5, 5.41) is 11.0. The molecule has 0 spiro atoms. The average molecular weight is 180 g/mol. The van der Waals surface area contributed by atoms with Crippen LogP contribution < -0.4 is 5.73 Å². The van der Waals surface area contributed by atoms with Crippen molar-refractivity contribution >= 4 is 29.4 Å². The molecule has 0 saturated heterocycles. The van der Waals surface area contributed by atoms with Gasteiger partial charge in [-0.2, -0.15) is 23.5 Å². The van der Waals surface area contributed by atoms with Crippen LogP contribution in [-0.4, -0.2) is 34.6 Å². The van der Waals surface area contributed by atoms with Gasteiger partial charge in [0.2, 0.25) is 0 Å². The molecule has 0 aromatic carbocycles. The van der Waals surface area contributed by atoms with Crippen LogP contribution in [0.15, 0.2) is 5.16 Å². The molecule has 5 heteroatoms. The molecule has 0 aromatic heterocycles. The quantitative estimate of drug-likeness (QED) is 0.216. The van der Waals surface area contributed by atoms with E-state index in [1.165, 1.54) is 0 Å². The van der Waals surface area contributed by atoms with Crippen molar-refractivity contribution in [2.75, 3.05) is 23.5 Å². The maximum Gasteiger partial charge on any atom is 0.149 e. The molecular weight excluding hydrogens is 168 g/mol. The van der Waals surface area contributed by atoms with Crippen LogP contribution in [0.2, 0.25) is 0 Å². The van der Waals surface area contributed by atoms with Crippen molar-refractivity contribution in [1.82, 2.24) is 0 Å². The second-order valence-electron chi connectivity index (χ2n) is 1.64. The molecule has 0 unspecified atom stereocenters. The van der Waals surface area contributed by atoms with Gasteiger partial charge in [-0.25, -0.2) is 0 Å². The van der Waals surface area contributed by atoms with Crippen LogP contribution in [0.3, 0.4) is 0 Å². The van der Waals surface area contributed by atoms with Crippen LogP contribution in [0.1, 0.15) is 0 Å². The third-order valence-corrected chi connectivity index (χ3v) is 2.67. The van der Waals surface area contributed by atoms with Gasteiger partial charge in [0.05, 0.1) is 5.75 Å². The minimum atomic E-state index is 0.297. The zero-order chi connectivity index (χ0) is 7.82. The molecule has 3 nitrogen and oxygen atoms in total. The lowest BCUT2D eigenvalue weighted by molar-refractivity contribution is 0.318. The largest absolute Gasteiger partial charge is 0.409 e. The van der Waals surface area contributed by atoms with Gasteiger partial charge >= 0.3 is 0 Å². The van der Waals surface area contributed by atoms with Crippen molar-refractivity contribution < 1.29 is 5.21 Å². The van der Waals surface area contributed by atoms with Crippen molar-refractivity contribution in [2.24, 2.45) is 10.9 Å². The van der Waals surface area contributed by atoms with Crippen molar-refractivity contribution in [3.63, 3.8) is 0 Å². The number of nitrogens with zero attached hydrogens (tertiary/aromatic N) is 1. The van der Waals surface area contributed by atoms with Crippen LogP contribution in [0.5, 0.6) is 0 Å². The topological polar surface area (TPSA) is 58.6 Å². The lowest BCUT2D eigenvalue weighted by atomic mass is 10.7. The van der Waals surface area contributed by atoms with Gasteiger partial charge in [0.15, 0.2) is 0 Å². The maximum absolute atomic E-state index is 8.14. The Bertz CT molecular complexity index is 108. The Morgan fingerprint density at radius 2 is 2.30 bits per heavy atom. The van der Waals surface area contributed by atoms with Crippen LogP contribution in [0.4, 0.5) is 0 Å². The fourth-order valence-corrected chi connectivity index (χ4v) is 1.90. The average Bonchev–Trinajstić information content (AvgIpc) is 1.98. The van der Waals surface area contributed by atoms with Crippen molar-refractivity contribution in [1.29, 1.82) is 0 Å². The Balaban J connectivity index is 3.04. The summed E-state index contributed by atoms with van der Waals surface area (Å²) in [5.41, 5.74) is 5.23. The van der Waals surface area contributed by atoms with Gasteiger partial charge in [0.1, 0.15) is 5.84 Å². The van der Waals surface area contributed by atoms with Gasteiger partial charge in [-0.15, -0.1) is 0 Å². The van der Waals surface area contributed by atoms with E-state index in [-0.39, 0.29) is 0 Å². The molecule has 0 aromatic rings. The monoisotopic (exact) mass is 180 g/mol. The van der Waals surface area contributed by atoms with E-state index < -0.39 is 0 Å². The van der Waals surface area contributed by atoms with Crippen molar-refractivity contribution in [3.05, 3.63) is 0 Å². The summed E-state index contributed by atoms with van der Waals surface area (Å²) in [6, 6.07) is 0. The molecule has 0 heterocycles. The highest BCUT2D eigenvalue weighted by molar-refractivity contribution is 8.02. The Morgan fingerprint density at radius 1 is 1.60 bits per heavy atom. The lowest BCUT2D eigenvalue weighted by Crippen LogP contribution is -2.14. The molecule has 0 atom stereocenters. The molecule has 0 aliphatic carbocycles. The standard InChI is InChI=1S/C5H12N2OS2/c1-9-2-3-10-4-5(6)7-8/h8H,2-4H2,1H3,(H2,6,7). The van der Waals surface area contributed by atoms with Crippen molar-refractivity contribution in [2.45, 2.75) is 0 Å². The molecule has 0 saturated carbocycles. The predicted octanol–water partition coefficient (Wildman–Crippen LogP) is 0.829. The summed E-state index contributed by atoms with van der Waals surface area (Å²) in [6.07, 6.45) is 2.06. The van der Waals surface area contributed by atoms with Crippen LogP contribution in [-0.2, 0) is 0 Å². The van der Waals surface area contributed by atoms with Gasteiger partial charge in [0.25, 0.3) is 0 Å². The number of thioether (sulfide) groups is 2. The van der Waals surface area contributed by atoms with E-state index >= 15 is 0 Å². The summed E-state index contributed by atoms with van der Waals surface area (Å²) < 4.78 is 0. The lowest BCUT2D eigenvalue weighted by Gasteiger charge is -1.96. The minimum Gasteiger partial charge on any atom is -0.409 e. The number of hydrogen-bond acceptors (Lipinski definition) is 4. The highest BCUT2D eigenvalue weighted by Gasteiger charge is 1.91. The molecule has 0 aliphatic rings. The van der Waals surface area contributed by atoms with Gasteiger partial charge < -0.3 is 10.9 Å². The second kappa shape index (κ2) is 7.08. The molecule has 0 radical (unpaired) electrons. The molecule has 60 valence electrons. The first-order valence-corrected chi connectivity index (χ1v) is 5.39. The van der Waals surface area contributed by atoms with E-state index in [0.717, 1.165) is 11.5 Å². The molecule has 0 amide bonds. The Morgan fingerprint density at radius 3 is 2.80 bits per heavy atom. The van der Waals surface area contributed by atoms with Gasteiger partial charge in [-0.3, -0.25) is 0 Å². The summed E-state index contributed by atoms with van der Waals surface area (Å²) in [5.74, 6) is 3.09. The summed E-state index contributed by atoms with van der Waals surface area (Å²) >= 11 is 3.47. The van der Waals surface area contributed by atoms with Crippen LogP contribution in [0.25, 0.3) is 0 Å².